The summed E-state index contributed by atoms with van der Waals surface area (Å²) >= 11 is 9.47. The van der Waals surface area contributed by atoms with Gasteiger partial charge in [0.25, 0.3) is 22.2 Å². The number of nitrogens with one attached hydrogen (secondary N) is 2. The Kier molecular flexibility index (Phi) is 28.4. The first-order valence-corrected chi connectivity index (χ1v) is 44.5. The SMILES string of the molecule is CN.CNCc1cc2cccc(C)c2c(=O)n1-c1ccccc1C.Cc1ccccc1-n1c(CBr)cc2cccc(C)c2c1=O.Cc1ccccc1-n1c(CN(C)c2ncnc3c2ncn3C2CCOCC2)cc2cccc(C)c2c1=O.Cc1ccccc1-n1c(CN(C)c2ncnc3nc[nH]c23)cc2cccc(C)c2c1=O.Clc1ncnc2c1ncn2C1CCOCC1. The number of alkyl halides is 1. The number of aromatic amines is 1. The van der Waals surface area contributed by atoms with Crippen molar-refractivity contribution in [3.63, 3.8) is 0 Å². The fourth-order valence-corrected chi connectivity index (χ4v) is 18.0. The van der Waals surface area contributed by atoms with Gasteiger partial charge in [0.15, 0.2) is 39.2 Å². The smallest absolute Gasteiger partial charge is 0.263 e. The van der Waals surface area contributed by atoms with Gasteiger partial charge in [-0.3, -0.25) is 37.4 Å². The van der Waals surface area contributed by atoms with Crippen LogP contribution in [0.3, 0.4) is 0 Å². The Morgan fingerprint density at radius 3 is 1.17 bits per heavy atom. The highest BCUT2D eigenvalue weighted by Crippen LogP contribution is 2.33. The number of benzene rings is 8. The number of nitrogens with zero attached hydrogens (tertiary/aromatic N) is 17. The second-order valence-corrected chi connectivity index (χ2v) is 33.2. The predicted octanol–water partition coefficient (Wildman–Crippen LogP) is 17.9. The van der Waals surface area contributed by atoms with E-state index < -0.39 is 0 Å². The molecule has 0 saturated carbocycles. The van der Waals surface area contributed by atoms with Gasteiger partial charge in [0.05, 0.1) is 76.4 Å². The van der Waals surface area contributed by atoms with Crippen molar-refractivity contribution < 1.29 is 9.47 Å². The lowest BCUT2D eigenvalue weighted by Gasteiger charge is -2.24. The number of hydrogen-bond donors (Lipinski definition) is 3. The number of fused-ring (bicyclic) bond motifs is 7. The van der Waals surface area contributed by atoms with Crippen molar-refractivity contribution >= 4 is 116 Å². The van der Waals surface area contributed by atoms with Crippen LogP contribution in [-0.4, -0.2) is 132 Å². The molecule has 2 fully saturated rings. The predicted molar refractivity (Wildman–Crippen MR) is 521 cm³/mol. The summed E-state index contributed by atoms with van der Waals surface area (Å²) < 4.78 is 22.4. The molecule has 4 N–H and O–H groups in total. The van der Waals surface area contributed by atoms with Gasteiger partial charge in [0, 0.05) is 87.3 Å². The Morgan fingerprint density at radius 2 is 0.760 bits per heavy atom. The molecule has 8 aromatic carbocycles. The van der Waals surface area contributed by atoms with Crippen molar-refractivity contribution in [3.8, 4) is 22.7 Å². The van der Waals surface area contributed by atoms with Gasteiger partial charge in [-0.2, -0.15) is 0 Å². The maximum atomic E-state index is 13.9. The molecule has 0 atom stereocenters. The van der Waals surface area contributed by atoms with E-state index in [9.17, 15) is 19.2 Å². The van der Waals surface area contributed by atoms with E-state index in [4.69, 9.17) is 26.1 Å². The summed E-state index contributed by atoms with van der Waals surface area (Å²) in [6.07, 6.45) is 13.7. The van der Waals surface area contributed by atoms with Crippen LogP contribution in [-0.2, 0) is 34.4 Å². The molecule has 129 heavy (non-hydrogen) atoms. The van der Waals surface area contributed by atoms with Crippen LogP contribution in [0.25, 0.3) is 99.3 Å². The van der Waals surface area contributed by atoms with Crippen LogP contribution in [0.1, 0.15) is 105 Å². The second kappa shape index (κ2) is 40.6. The molecule has 0 unspecified atom stereocenters. The lowest BCUT2D eigenvalue weighted by atomic mass is 10.1. The number of aryl methyl sites for hydroxylation is 8. The molecule has 658 valence electrons. The van der Waals surface area contributed by atoms with Crippen LogP contribution in [0.2, 0.25) is 5.15 Å². The fourth-order valence-electron chi connectivity index (χ4n) is 17.4. The minimum absolute atomic E-state index is 0.00932. The molecule has 0 aliphatic carbocycles. The average Bonchev–Trinajstić information content (AvgIpc) is 1.68. The van der Waals surface area contributed by atoms with Gasteiger partial charge in [-0.1, -0.05) is 173 Å². The first kappa shape index (κ1) is 90.3. The standard InChI is InChI=1S/C29H30N6O2.C24H22N6O.C19H20N2O.C18H16BrNO.C10H11ClN4O.CH5N/c1-19-7-4-5-10-24(19)35-23(15-21-9-6-8-20(2)25(21)29(35)36)16-33(3)27-26-28(31-17-30-27)34(18-32-26)22-11-13-37-14-12-22;1-15-7-4-5-10-19(15)30-18(11-17-9-6-8-16(2)20(17)24(30)31)12-29(3)23-21-22(26-13-25-21)27-14-28-23;1-13-7-4-5-10-17(13)21-16(12-20-3)11-15-9-6-8-14(2)18(15)19(21)22;1-12-6-3-4-9-16(12)20-15(11-19)10-14-8-5-7-13(2)17(14)18(20)21;11-9-8-10(13-5-12-9)15(6-14-8)7-1-3-16-4-2-7;1-2/h4-10,15,17-18,22H,11-14,16H2,1-3H3;4-11,13-14H,12H2,1-3H3,(H,25,26,27,28);4-11,20H,12H2,1-3H3;3-10H,11H2,1-2H3;5-7H,1-4H2;2H2,1H3. The van der Waals surface area contributed by atoms with Gasteiger partial charge in [-0.05, 0) is 210 Å². The largest absolute Gasteiger partial charge is 0.381 e. The lowest BCUT2D eigenvalue weighted by Crippen LogP contribution is -2.28. The first-order valence-electron chi connectivity index (χ1n) is 43.0. The third-order valence-corrected chi connectivity index (χ3v) is 24.6. The van der Waals surface area contributed by atoms with E-state index in [0.717, 1.165) is 219 Å². The molecular formula is C101H104BrClN20O6. The van der Waals surface area contributed by atoms with E-state index in [0.29, 0.717) is 53.4 Å². The Morgan fingerprint density at radius 1 is 0.419 bits per heavy atom. The van der Waals surface area contributed by atoms with Crippen molar-refractivity contribution in [1.82, 2.24) is 82.6 Å². The second-order valence-electron chi connectivity index (χ2n) is 32.3. The molecule has 2 aliphatic heterocycles. The van der Waals surface area contributed by atoms with E-state index in [-0.39, 0.29) is 22.2 Å². The summed E-state index contributed by atoms with van der Waals surface area (Å²) in [7, 11) is 7.34. The summed E-state index contributed by atoms with van der Waals surface area (Å²) in [6.45, 7) is 20.8. The van der Waals surface area contributed by atoms with Crippen LogP contribution in [0.15, 0.2) is 251 Å². The number of hydrogen-bond acceptors (Lipinski definition) is 19. The summed E-state index contributed by atoms with van der Waals surface area (Å²) in [5, 5.41) is 11.2. The zero-order valence-corrected chi connectivity index (χ0v) is 76.8. The summed E-state index contributed by atoms with van der Waals surface area (Å²) in [5.74, 6) is 1.47. The Bertz CT molecular complexity index is 7390. The number of anilines is 2. The summed E-state index contributed by atoms with van der Waals surface area (Å²) in [4.78, 5) is 100. The van der Waals surface area contributed by atoms with Crippen molar-refractivity contribution in [2.45, 2.75) is 118 Å². The highest BCUT2D eigenvalue weighted by molar-refractivity contribution is 9.08. The molecular weight excluding hydrogens is 1700 g/mol. The lowest BCUT2D eigenvalue weighted by molar-refractivity contribution is 0.0703. The maximum Gasteiger partial charge on any atom is 0.263 e. The maximum absolute atomic E-state index is 13.9. The van der Waals surface area contributed by atoms with E-state index in [1.807, 2.05) is 276 Å². The summed E-state index contributed by atoms with van der Waals surface area (Å²) in [6, 6.07) is 65.0. The zero-order chi connectivity index (χ0) is 90.7. The molecule has 10 aromatic heterocycles. The molecule has 12 heterocycles. The highest BCUT2D eigenvalue weighted by atomic mass is 79.9. The Hall–Kier alpha value is -13.5. The molecule has 0 spiro atoms. The zero-order valence-electron chi connectivity index (χ0n) is 74.5. The highest BCUT2D eigenvalue weighted by Gasteiger charge is 2.26. The minimum Gasteiger partial charge on any atom is -0.381 e. The average molecular weight is 1810 g/mol. The van der Waals surface area contributed by atoms with Crippen molar-refractivity contribution in [1.29, 1.82) is 0 Å². The number of rotatable bonds is 15. The van der Waals surface area contributed by atoms with Crippen molar-refractivity contribution in [2.24, 2.45) is 5.73 Å². The van der Waals surface area contributed by atoms with E-state index >= 15 is 0 Å². The van der Waals surface area contributed by atoms with E-state index in [1.165, 1.54) is 19.7 Å². The molecule has 2 aliphatic rings. The summed E-state index contributed by atoms with van der Waals surface area (Å²) in [5.41, 5.74) is 24.7. The van der Waals surface area contributed by atoms with Crippen LogP contribution in [0.4, 0.5) is 11.6 Å². The third kappa shape index (κ3) is 18.8. The number of aromatic nitrogens is 16. The van der Waals surface area contributed by atoms with Crippen LogP contribution < -0.4 is 43.1 Å². The van der Waals surface area contributed by atoms with Gasteiger partial charge < -0.3 is 44.4 Å². The topological polar surface area (TPSA) is 293 Å². The van der Waals surface area contributed by atoms with Crippen LogP contribution in [0, 0.1) is 55.4 Å². The molecule has 18 aromatic rings. The molecule has 2 saturated heterocycles. The van der Waals surface area contributed by atoms with E-state index in [1.54, 1.807) is 19.0 Å². The monoisotopic (exact) mass is 1810 g/mol. The fraction of sp³-hybridized carbons (Fsp3) is 0.257. The van der Waals surface area contributed by atoms with Gasteiger partial charge in [-0.25, -0.2) is 44.9 Å². The van der Waals surface area contributed by atoms with Gasteiger partial charge in [-0.15, -0.1) is 0 Å². The van der Waals surface area contributed by atoms with Crippen molar-refractivity contribution in [3.05, 3.63) is 346 Å². The van der Waals surface area contributed by atoms with Gasteiger partial charge in [0.2, 0.25) is 0 Å². The van der Waals surface area contributed by atoms with E-state index in [2.05, 4.69) is 110 Å². The number of pyridine rings is 4. The van der Waals surface area contributed by atoms with Gasteiger partial charge in [0.1, 0.15) is 30.0 Å². The Labute approximate surface area is 759 Å². The normalized spacial score (nSPS) is 12.8. The molecule has 20 rings (SSSR count). The number of H-pyrrole nitrogens is 1. The number of halogens is 2. The number of ether oxygens (including phenoxy) is 2. The van der Waals surface area contributed by atoms with Crippen LogP contribution >= 0.6 is 27.5 Å². The number of para-hydroxylation sites is 4. The molecule has 26 nitrogen and oxygen atoms in total. The quantitative estimate of drug-likeness (QED) is 0.0635. The number of imidazole rings is 3. The number of nitrogens with two attached hydrogens (primary N) is 1. The third-order valence-electron chi connectivity index (χ3n) is 23.8. The van der Waals surface area contributed by atoms with Crippen molar-refractivity contribution in [2.75, 3.05) is 64.4 Å². The minimum atomic E-state index is -0.0114. The van der Waals surface area contributed by atoms with Gasteiger partial charge >= 0.3 is 0 Å². The first-order chi connectivity index (χ1) is 62.7. The molecule has 28 heteroatoms. The molecule has 0 bridgehead atoms. The Balaban J connectivity index is 0.000000127. The molecule has 0 amide bonds. The molecule has 0 radical (unpaired) electrons. The van der Waals surface area contributed by atoms with Crippen LogP contribution in [0.5, 0.6) is 0 Å².